The van der Waals surface area contributed by atoms with Crippen LogP contribution in [0.3, 0.4) is 0 Å². The second-order valence-corrected chi connectivity index (χ2v) is 3.35. The number of hydrogen-bond acceptors (Lipinski definition) is 1. The quantitative estimate of drug-likeness (QED) is 0.523. The number of hydrogen-bond donors (Lipinski definition) is 1. The van der Waals surface area contributed by atoms with Crippen LogP contribution in [0.2, 0.25) is 0 Å². The molecule has 0 spiro atoms. The fourth-order valence-electron chi connectivity index (χ4n) is 1.38. The fourth-order valence-corrected chi connectivity index (χ4v) is 1.38. The van der Waals surface area contributed by atoms with Crippen molar-refractivity contribution in [1.29, 1.82) is 0 Å². The highest BCUT2D eigenvalue weighted by Crippen LogP contribution is 2.12. The summed E-state index contributed by atoms with van der Waals surface area (Å²) in [6.45, 7) is 5.82. The first-order chi connectivity index (χ1) is 4.29. The maximum absolute atomic E-state index is 3.49. The molecule has 0 aliphatic carbocycles. The number of nitrogens with one attached hydrogen (secondary N) is 1. The van der Waals surface area contributed by atoms with Crippen LogP contribution < -0.4 is 5.32 Å². The summed E-state index contributed by atoms with van der Waals surface area (Å²) in [7, 11) is 0. The Bertz CT molecular complexity index is 70.6. The lowest BCUT2D eigenvalue weighted by atomic mass is 10.1. The Balaban J connectivity index is 2.25. The minimum absolute atomic E-state index is 0.759. The summed E-state index contributed by atoms with van der Waals surface area (Å²) in [4.78, 5) is 0. The highest BCUT2D eigenvalue weighted by atomic mass is 14.9. The molecule has 0 bridgehead atoms. The predicted molar refractivity (Wildman–Crippen MR) is 40.5 cm³/mol. The van der Waals surface area contributed by atoms with E-state index in [1.165, 1.54) is 25.8 Å². The van der Waals surface area contributed by atoms with Gasteiger partial charge in [-0.15, -0.1) is 0 Å². The van der Waals surface area contributed by atoms with Crippen molar-refractivity contribution in [2.75, 3.05) is 6.54 Å². The van der Waals surface area contributed by atoms with E-state index in [1.54, 1.807) is 0 Å². The molecule has 1 heteroatoms. The van der Waals surface area contributed by atoms with Gasteiger partial charge in [-0.1, -0.05) is 13.3 Å². The third-order valence-corrected chi connectivity index (χ3v) is 2.15. The third-order valence-electron chi connectivity index (χ3n) is 2.15. The van der Waals surface area contributed by atoms with Crippen molar-refractivity contribution in [3.8, 4) is 0 Å². The molecule has 0 radical (unpaired) electrons. The van der Waals surface area contributed by atoms with Gasteiger partial charge >= 0.3 is 0 Å². The van der Waals surface area contributed by atoms with Gasteiger partial charge in [0, 0.05) is 6.04 Å². The van der Waals surface area contributed by atoms with E-state index in [2.05, 4.69) is 19.2 Å². The zero-order valence-electron chi connectivity index (χ0n) is 6.48. The standard InChI is InChI=1S/C8H17N/c1-7-4-3-5-8(2)9-6-7/h7-9H,3-6H2,1-2H3/t7?,8-/m0/s1. The maximum Gasteiger partial charge on any atom is 0.00388 e. The lowest BCUT2D eigenvalue weighted by Gasteiger charge is -2.09. The molecule has 1 aliphatic rings. The van der Waals surface area contributed by atoms with Crippen LogP contribution in [0.5, 0.6) is 0 Å². The van der Waals surface area contributed by atoms with E-state index in [0.29, 0.717) is 0 Å². The van der Waals surface area contributed by atoms with E-state index >= 15 is 0 Å². The van der Waals surface area contributed by atoms with Gasteiger partial charge in [-0.25, -0.2) is 0 Å². The maximum atomic E-state index is 3.49. The zero-order chi connectivity index (χ0) is 6.69. The Hall–Kier alpha value is -0.0400. The summed E-state index contributed by atoms with van der Waals surface area (Å²) < 4.78 is 0. The minimum Gasteiger partial charge on any atom is -0.314 e. The molecule has 1 rings (SSSR count). The molecule has 0 saturated carbocycles. The summed E-state index contributed by atoms with van der Waals surface area (Å²) in [5.41, 5.74) is 0. The van der Waals surface area contributed by atoms with Crippen LogP contribution in [0.15, 0.2) is 0 Å². The molecule has 1 saturated heterocycles. The topological polar surface area (TPSA) is 12.0 Å². The summed E-state index contributed by atoms with van der Waals surface area (Å²) in [6, 6.07) is 0.759. The summed E-state index contributed by atoms with van der Waals surface area (Å²) in [6.07, 6.45) is 4.19. The Morgan fingerprint density at radius 1 is 1.22 bits per heavy atom. The molecule has 1 fully saturated rings. The Kier molecular flexibility index (Phi) is 2.52. The van der Waals surface area contributed by atoms with Gasteiger partial charge in [-0.05, 0) is 32.2 Å². The second-order valence-electron chi connectivity index (χ2n) is 3.35. The van der Waals surface area contributed by atoms with Crippen molar-refractivity contribution in [2.45, 2.75) is 39.2 Å². The van der Waals surface area contributed by atoms with Gasteiger partial charge in [-0.2, -0.15) is 0 Å². The first-order valence-electron chi connectivity index (χ1n) is 4.02. The molecule has 1 unspecified atom stereocenters. The molecule has 54 valence electrons. The monoisotopic (exact) mass is 127 g/mol. The average Bonchev–Trinajstić information content (AvgIpc) is 1.97. The summed E-state index contributed by atoms with van der Waals surface area (Å²) in [5, 5.41) is 3.49. The van der Waals surface area contributed by atoms with E-state index in [-0.39, 0.29) is 0 Å². The summed E-state index contributed by atoms with van der Waals surface area (Å²) >= 11 is 0. The van der Waals surface area contributed by atoms with Crippen molar-refractivity contribution in [1.82, 2.24) is 5.32 Å². The average molecular weight is 127 g/mol. The van der Waals surface area contributed by atoms with Gasteiger partial charge < -0.3 is 5.32 Å². The van der Waals surface area contributed by atoms with Crippen molar-refractivity contribution >= 4 is 0 Å². The smallest absolute Gasteiger partial charge is 0.00388 e. The molecular weight excluding hydrogens is 110 g/mol. The Morgan fingerprint density at radius 2 is 2.00 bits per heavy atom. The molecule has 0 aromatic rings. The van der Waals surface area contributed by atoms with E-state index in [0.717, 1.165) is 12.0 Å². The normalized spacial score (nSPS) is 38.0. The van der Waals surface area contributed by atoms with E-state index in [1.807, 2.05) is 0 Å². The van der Waals surface area contributed by atoms with Crippen molar-refractivity contribution in [2.24, 2.45) is 5.92 Å². The Morgan fingerprint density at radius 3 is 2.78 bits per heavy atom. The highest BCUT2D eigenvalue weighted by molar-refractivity contribution is 4.69. The fraction of sp³-hybridized carbons (Fsp3) is 1.00. The first-order valence-corrected chi connectivity index (χ1v) is 4.02. The van der Waals surface area contributed by atoms with Crippen LogP contribution in [0.25, 0.3) is 0 Å². The van der Waals surface area contributed by atoms with Crippen molar-refractivity contribution < 1.29 is 0 Å². The predicted octanol–water partition coefficient (Wildman–Crippen LogP) is 1.78. The van der Waals surface area contributed by atoms with Gasteiger partial charge in [0.1, 0.15) is 0 Å². The van der Waals surface area contributed by atoms with Gasteiger partial charge in [-0.3, -0.25) is 0 Å². The largest absolute Gasteiger partial charge is 0.314 e. The summed E-state index contributed by atoms with van der Waals surface area (Å²) in [5.74, 6) is 0.898. The molecule has 1 nitrogen and oxygen atoms in total. The lowest BCUT2D eigenvalue weighted by molar-refractivity contribution is 0.503. The Labute approximate surface area is 57.8 Å². The molecule has 0 aromatic heterocycles. The lowest BCUT2D eigenvalue weighted by Crippen LogP contribution is -2.27. The first kappa shape index (κ1) is 7.07. The molecule has 1 N–H and O–H groups in total. The molecule has 0 aromatic carbocycles. The highest BCUT2D eigenvalue weighted by Gasteiger charge is 2.10. The van der Waals surface area contributed by atoms with Crippen LogP contribution in [0, 0.1) is 5.92 Å². The van der Waals surface area contributed by atoms with E-state index < -0.39 is 0 Å². The third kappa shape index (κ3) is 2.35. The zero-order valence-corrected chi connectivity index (χ0v) is 6.48. The van der Waals surface area contributed by atoms with E-state index in [9.17, 15) is 0 Å². The van der Waals surface area contributed by atoms with Crippen LogP contribution in [-0.4, -0.2) is 12.6 Å². The van der Waals surface area contributed by atoms with E-state index in [4.69, 9.17) is 0 Å². The van der Waals surface area contributed by atoms with Gasteiger partial charge in [0.15, 0.2) is 0 Å². The molecule has 0 amide bonds. The van der Waals surface area contributed by atoms with Crippen LogP contribution in [0.4, 0.5) is 0 Å². The SMILES string of the molecule is CC1CCC[C@H](C)NC1. The van der Waals surface area contributed by atoms with Gasteiger partial charge in [0.25, 0.3) is 0 Å². The van der Waals surface area contributed by atoms with Crippen molar-refractivity contribution in [3.63, 3.8) is 0 Å². The molecule has 9 heavy (non-hydrogen) atoms. The molecule has 1 heterocycles. The second kappa shape index (κ2) is 3.21. The molecular formula is C8H17N. The van der Waals surface area contributed by atoms with Crippen molar-refractivity contribution in [3.05, 3.63) is 0 Å². The molecule has 1 aliphatic heterocycles. The van der Waals surface area contributed by atoms with Crippen LogP contribution in [0.1, 0.15) is 33.1 Å². The number of rotatable bonds is 0. The molecule has 2 atom stereocenters. The van der Waals surface area contributed by atoms with Gasteiger partial charge in [0.2, 0.25) is 0 Å². The van der Waals surface area contributed by atoms with Crippen LogP contribution in [-0.2, 0) is 0 Å². The van der Waals surface area contributed by atoms with Crippen LogP contribution >= 0.6 is 0 Å². The minimum atomic E-state index is 0.759. The van der Waals surface area contributed by atoms with Gasteiger partial charge in [0.05, 0.1) is 0 Å².